The second kappa shape index (κ2) is 6.80. The SMILES string of the molecule is CC(C)COc1ccccc1NCc1ccc(O)cn1. The van der Waals surface area contributed by atoms with Crippen LogP contribution >= 0.6 is 0 Å². The van der Waals surface area contributed by atoms with Crippen LogP contribution in [-0.4, -0.2) is 16.7 Å². The van der Waals surface area contributed by atoms with Gasteiger partial charge in [0.25, 0.3) is 0 Å². The Bertz CT molecular complexity index is 538. The van der Waals surface area contributed by atoms with Crippen LogP contribution in [-0.2, 0) is 6.54 Å². The van der Waals surface area contributed by atoms with Gasteiger partial charge in [-0.3, -0.25) is 4.98 Å². The van der Waals surface area contributed by atoms with E-state index < -0.39 is 0 Å². The zero-order valence-electron chi connectivity index (χ0n) is 11.8. The molecule has 1 aromatic heterocycles. The van der Waals surface area contributed by atoms with Gasteiger partial charge in [0, 0.05) is 0 Å². The smallest absolute Gasteiger partial charge is 0.142 e. The van der Waals surface area contributed by atoms with E-state index in [4.69, 9.17) is 4.74 Å². The van der Waals surface area contributed by atoms with Crippen LogP contribution in [0.15, 0.2) is 42.6 Å². The molecule has 0 fully saturated rings. The van der Waals surface area contributed by atoms with Crippen molar-refractivity contribution < 1.29 is 9.84 Å². The average molecular weight is 272 g/mol. The number of hydrogen-bond acceptors (Lipinski definition) is 4. The van der Waals surface area contributed by atoms with Gasteiger partial charge in [-0.15, -0.1) is 0 Å². The summed E-state index contributed by atoms with van der Waals surface area (Å²) in [6, 6.07) is 11.3. The maximum Gasteiger partial charge on any atom is 0.142 e. The molecule has 0 saturated carbocycles. The first-order valence-electron chi connectivity index (χ1n) is 6.74. The zero-order valence-corrected chi connectivity index (χ0v) is 11.8. The molecule has 0 aliphatic carbocycles. The van der Waals surface area contributed by atoms with Crippen molar-refractivity contribution in [3.8, 4) is 11.5 Å². The lowest BCUT2D eigenvalue weighted by atomic mass is 10.2. The molecule has 0 unspecified atom stereocenters. The minimum Gasteiger partial charge on any atom is -0.506 e. The van der Waals surface area contributed by atoms with Gasteiger partial charge in [0.1, 0.15) is 11.5 Å². The Kier molecular flexibility index (Phi) is 4.82. The summed E-state index contributed by atoms with van der Waals surface area (Å²) >= 11 is 0. The van der Waals surface area contributed by atoms with Crippen molar-refractivity contribution in [3.63, 3.8) is 0 Å². The molecular weight excluding hydrogens is 252 g/mol. The molecule has 0 atom stereocenters. The summed E-state index contributed by atoms with van der Waals surface area (Å²) in [5.41, 5.74) is 1.81. The van der Waals surface area contributed by atoms with Crippen LogP contribution in [0.1, 0.15) is 19.5 Å². The van der Waals surface area contributed by atoms with Gasteiger partial charge in [-0.25, -0.2) is 0 Å². The van der Waals surface area contributed by atoms with Crippen LogP contribution in [0, 0.1) is 5.92 Å². The largest absolute Gasteiger partial charge is 0.506 e. The predicted octanol–water partition coefficient (Wildman–Crippen LogP) is 3.43. The first kappa shape index (κ1) is 14.2. The Hall–Kier alpha value is -2.23. The van der Waals surface area contributed by atoms with E-state index in [0.717, 1.165) is 17.1 Å². The number of nitrogens with zero attached hydrogens (tertiary/aromatic N) is 1. The maximum atomic E-state index is 9.21. The third kappa shape index (κ3) is 4.16. The fourth-order valence-corrected chi connectivity index (χ4v) is 1.70. The van der Waals surface area contributed by atoms with E-state index in [9.17, 15) is 5.11 Å². The molecule has 2 N–H and O–H groups in total. The number of pyridine rings is 1. The van der Waals surface area contributed by atoms with E-state index in [2.05, 4.69) is 24.1 Å². The number of benzene rings is 1. The number of ether oxygens (including phenoxy) is 1. The van der Waals surface area contributed by atoms with Gasteiger partial charge in [-0.05, 0) is 30.2 Å². The lowest BCUT2D eigenvalue weighted by molar-refractivity contribution is 0.272. The highest BCUT2D eigenvalue weighted by molar-refractivity contribution is 5.56. The molecule has 0 bridgehead atoms. The highest BCUT2D eigenvalue weighted by Gasteiger charge is 2.04. The zero-order chi connectivity index (χ0) is 14.4. The number of nitrogens with one attached hydrogen (secondary N) is 1. The third-order valence-corrected chi connectivity index (χ3v) is 2.73. The topological polar surface area (TPSA) is 54.4 Å². The second-order valence-electron chi connectivity index (χ2n) is 5.06. The number of hydrogen-bond donors (Lipinski definition) is 2. The van der Waals surface area contributed by atoms with Crippen molar-refractivity contribution in [1.82, 2.24) is 4.98 Å². The Balaban J connectivity index is 1.99. The number of para-hydroxylation sites is 2. The van der Waals surface area contributed by atoms with Crippen LogP contribution in [0.3, 0.4) is 0 Å². The number of anilines is 1. The molecule has 0 saturated heterocycles. The number of aromatic nitrogens is 1. The van der Waals surface area contributed by atoms with Crippen LogP contribution in [0.5, 0.6) is 11.5 Å². The van der Waals surface area contributed by atoms with Gasteiger partial charge >= 0.3 is 0 Å². The molecule has 4 heteroatoms. The van der Waals surface area contributed by atoms with Crippen molar-refractivity contribution >= 4 is 5.69 Å². The lowest BCUT2D eigenvalue weighted by Gasteiger charge is -2.14. The minimum absolute atomic E-state index is 0.175. The molecule has 1 aromatic carbocycles. The summed E-state index contributed by atoms with van der Waals surface area (Å²) in [5, 5.41) is 12.5. The molecule has 0 radical (unpaired) electrons. The van der Waals surface area contributed by atoms with E-state index >= 15 is 0 Å². The summed E-state index contributed by atoms with van der Waals surface area (Å²) < 4.78 is 5.78. The molecule has 106 valence electrons. The Morgan fingerprint density at radius 2 is 2.00 bits per heavy atom. The van der Waals surface area contributed by atoms with Crippen LogP contribution < -0.4 is 10.1 Å². The fourth-order valence-electron chi connectivity index (χ4n) is 1.70. The molecule has 2 rings (SSSR count). The Morgan fingerprint density at radius 3 is 2.70 bits per heavy atom. The molecule has 0 amide bonds. The molecule has 0 aliphatic heterocycles. The molecule has 20 heavy (non-hydrogen) atoms. The van der Waals surface area contributed by atoms with Crippen molar-refractivity contribution in [2.24, 2.45) is 5.92 Å². The van der Waals surface area contributed by atoms with E-state index in [1.54, 1.807) is 12.1 Å². The minimum atomic E-state index is 0.175. The van der Waals surface area contributed by atoms with Crippen LogP contribution in [0.25, 0.3) is 0 Å². The highest BCUT2D eigenvalue weighted by Crippen LogP contribution is 2.24. The highest BCUT2D eigenvalue weighted by atomic mass is 16.5. The number of aromatic hydroxyl groups is 1. The standard InChI is InChI=1S/C16H20N2O2/c1-12(2)11-20-16-6-4-3-5-15(16)18-9-13-7-8-14(19)10-17-13/h3-8,10,12,18-19H,9,11H2,1-2H3. The third-order valence-electron chi connectivity index (χ3n) is 2.73. The fraction of sp³-hybridized carbons (Fsp3) is 0.312. The lowest BCUT2D eigenvalue weighted by Crippen LogP contribution is -2.07. The number of rotatable bonds is 6. The first-order valence-corrected chi connectivity index (χ1v) is 6.74. The summed E-state index contributed by atoms with van der Waals surface area (Å²) in [6.45, 7) is 5.52. The first-order chi connectivity index (χ1) is 9.65. The van der Waals surface area contributed by atoms with Gasteiger partial charge < -0.3 is 15.2 Å². The van der Waals surface area contributed by atoms with Crippen molar-refractivity contribution in [2.75, 3.05) is 11.9 Å². The van der Waals surface area contributed by atoms with Crippen molar-refractivity contribution in [2.45, 2.75) is 20.4 Å². The van der Waals surface area contributed by atoms with Gasteiger partial charge in [0.05, 0.1) is 30.7 Å². The molecule has 1 heterocycles. The van der Waals surface area contributed by atoms with Crippen LogP contribution in [0.4, 0.5) is 5.69 Å². The van der Waals surface area contributed by atoms with Crippen LogP contribution in [0.2, 0.25) is 0 Å². The van der Waals surface area contributed by atoms with E-state index in [-0.39, 0.29) is 5.75 Å². The molecule has 0 spiro atoms. The molecule has 2 aromatic rings. The molecular formula is C16H20N2O2. The van der Waals surface area contributed by atoms with Gasteiger partial charge in [-0.1, -0.05) is 26.0 Å². The second-order valence-corrected chi connectivity index (χ2v) is 5.06. The molecule has 0 aliphatic rings. The van der Waals surface area contributed by atoms with Crippen molar-refractivity contribution in [1.29, 1.82) is 0 Å². The summed E-state index contributed by atoms with van der Waals surface area (Å²) in [4.78, 5) is 4.14. The summed E-state index contributed by atoms with van der Waals surface area (Å²) in [5.74, 6) is 1.51. The van der Waals surface area contributed by atoms with Gasteiger partial charge in [0.2, 0.25) is 0 Å². The normalized spacial score (nSPS) is 10.6. The average Bonchev–Trinajstić information content (AvgIpc) is 2.45. The van der Waals surface area contributed by atoms with E-state index in [1.165, 1.54) is 6.20 Å². The Morgan fingerprint density at radius 1 is 1.20 bits per heavy atom. The monoisotopic (exact) mass is 272 g/mol. The quantitative estimate of drug-likeness (QED) is 0.846. The predicted molar refractivity (Wildman–Crippen MR) is 80.0 cm³/mol. The summed E-state index contributed by atoms with van der Waals surface area (Å²) in [7, 11) is 0. The van der Waals surface area contributed by atoms with Gasteiger partial charge in [-0.2, -0.15) is 0 Å². The van der Waals surface area contributed by atoms with E-state index in [0.29, 0.717) is 19.1 Å². The van der Waals surface area contributed by atoms with E-state index in [1.807, 2.05) is 24.3 Å². The maximum absolute atomic E-state index is 9.21. The van der Waals surface area contributed by atoms with Crippen molar-refractivity contribution in [3.05, 3.63) is 48.3 Å². The molecule has 4 nitrogen and oxygen atoms in total. The Labute approximate surface area is 119 Å². The van der Waals surface area contributed by atoms with Gasteiger partial charge in [0.15, 0.2) is 0 Å². The summed E-state index contributed by atoms with van der Waals surface area (Å²) in [6.07, 6.45) is 1.44.